The number of hydrogen-bond acceptors (Lipinski definition) is 10. The summed E-state index contributed by atoms with van der Waals surface area (Å²) in [5.74, 6) is 2.70. The third-order valence-corrected chi connectivity index (χ3v) is 11.7. The first-order valence-electron chi connectivity index (χ1n) is 15.5. The Labute approximate surface area is 288 Å². The highest BCUT2D eigenvalue weighted by atomic mass is 35.5. The molecule has 2 N–H and O–H groups in total. The van der Waals surface area contributed by atoms with Gasteiger partial charge in [-0.2, -0.15) is 4.98 Å². The van der Waals surface area contributed by atoms with E-state index in [4.69, 9.17) is 28.6 Å². The number of sulfone groups is 1. The largest absolute Gasteiger partial charge is 0.489 e. The summed E-state index contributed by atoms with van der Waals surface area (Å²) in [7, 11) is 0.620. The third-order valence-electron chi connectivity index (χ3n) is 7.75. The fourth-order valence-electron chi connectivity index (χ4n) is 5.21. The number of thioether (sulfide) groups is 1. The van der Waals surface area contributed by atoms with E-state index in [1.165, 1.54) is 11.8 Å². The lowest BCUT2D eigenvalue weighted by molar-refractivity contribution is 0.243. The maximum atomic E-state index is 13.0. The van der Waals surface area contributed by atoms with Crippen LogP contribution in [0, 0.1) is 6.92 Å². The maximum absolute atomic E-state index is 13.0. The van der Waals surface area contributed by atoms with Crippen molar-refractivity contribution in [2.75, 3.05) is 50.1 Å². The number of piperidine rings is 1. The zero-order valence-corrected chi connectivity index (χ0v) is 30.8. The third kappa shape index (κ3) is 9.25. The number of nitrogens with zero attached hydrogens (tertiary/aromatic N) is 4. The molecule has 2 heterocycles. The smallest absolute Gasteiger partial charge is 0.229 e. The predicted molar refractivity (Wildman–Crippen MR) is 196 cm³/mol. The normalized spacial score (nSPS) is 14.3. The molecule has 1 saturated heterocycles. The van der Waals surface area contributed by atoms with Gasteiger partial charge in [-0.1, -0.05) is 47.7 Å². The number of halogens is 1. The van der Waals surface area contributed by atoms with Crippen molar-refractivity contribution in [3.8, 4) is 5.75 Å². The van der Waals surface area contributed by atoms with E-state index in [-0.39, 0.29) is 21.8 Å². The minimum Gasteiger partial charge on any atom is -0.489 e. The monoisotopic (exact) mass is 704 g/mol. The Balaban J connectivity index is 1.54. The van der Waals surface area contributed by atoms with Crippen molar-refractivity contribution in [3.05, 3.63) is 58.7 Å². The molecule has 0 amide bonds. The van der Waals surface area contributed by atoms with Crippen LogP contribution in [-0.2, 0) is 9.84 Å². The number of hydrogen-bond donors (Lipinski definition) is 2. The number of benzene rings is 2. The van der Waals surface area contributed by atoms with E-state index in [0.717, 1.165) is 53.8 Å². The van der Waals surface area contributed by atoms with E-state index in [0.29, 0.717) is 23.3 Å². The number of nitrogens with one attached hydrogen (secondary N) is 2. The SMILES string of the molecule is Cc1cc(Nc2ncc(Cl)c(Nc3ccccc3S(=O)(=O)C(C)C)n2)c(OC(C)C)cc1C1CCN(C(=S)SCCN(C)C)CC1. The molecule has 1 aliphatic rings. The minimum absolute atomic E-state index is 0.0442. The summed E-state index contributed by atoms with van der Waals surface area (Å²) in [6.07, 6.45) is 3.48. The van der Waals surface area contributed by atoms with Gasteiger partial charge < -0.3 is 25.2 Å². The van der Waals surface area contributed by atoms with Gasteiger partial charge in [0, 0.05) is 25.4 Å². The molecule has 0 atom stereocenters. The molecular formula is C33H45ClN6O3S3. The first kappa shape index (κ1) is 36.2. The first-order valence-corrected chi connectivity index (χ1v) is 18.8. The summed E-state index contributed by atoms with van der Waals surface area (Å²) in [4.78, 5) is 13.7. The molecule has 0 radical (unpaired) electrons. The summed E-state index contributed by atoms with van der Waals surface area (Å²) in [5, 5.41) is 6.11. The van der Waals surface area contributed by atoms with Crippen LogP contribution in [0.15, 0.2) is 47.5 Å². The average molecular weight is 705 g/mol. The fourth-order valence-corrected chi connectivity index (χ4v) is 7.98. The highest BCUT2D eigenvalue weighted by molar-refractivity contribution is 8.22. The van der Waals surface area contributed by atoms with E-state index in [1.807, 2.05) is 13.8 Å². The van der Waals surface area contributed by atoms with E-state index in [1.54, 1.807) is 49.9 Å². The Morgan fingerprint density at radius 3 is 2.48 bits per heavy atom. The van der Waals surface area contributed by atoms with Gasteiger partial charge in [0.05, 0.1) is 33.8 Å². The van der Waals surface area contributed by atoms with Gasteiger partial charge in [0.25, 0.3) is 0 Å². The second kappa shape index (κ2) is 16.0. The number of aromatic nitrogens is 2. The van der Waals surface area contributed by atoms with Gasteiger partial charge in [0.1, 0.15) is 15.1 Å². The molecule has 3 aromatic rings. The van der Waals surface area contributed by atoms with Gasteiger partial charge in [-0.05, 0) is 103 Å². The van der Waals surface area contributed by atoms with Gasteiger partial charge in [-0.15, -0.1) is 0 Å². The van der Waals surface area contributed by atoms with Crippen LogP contribution in [0.4, 0.5) is 23.1 Å². The van der Waals surface area contributed by atoms with Crippen LogP contribution in [0.5, 0.6) is 5.75 Å². The van der Waals surface area contributed by atoms with E-state index in [2.05, 4.69) is 63.6 Å². The Morgan fingerprint density at radius 2 is 1.83 bits per heavy atom. The highest BCUT2D eigenvalue weighted by Gasteiger charge is 2.26. The number of para-hydroxylation sites is 1. The molecule has 0 unspecified atom stereocenters. The summed E-state index contributed by atoms with van der Waals surface area (Å²) >= 11 is 14.0. The predicted octanol–water partition coefficient (Wildman–Crippen LogP) is 7.65. The lowest BCUT2D eigenvalue weighted by atomic mass is 9.86. The number of ether oxygens (including phenoxy) is 1. The summed E-state index contributed by atoms with van der Waals surface area (Å²) < 4.78 is 33.3. The molecule has 46 heavy (non-hydrogen) atoms. The Morgan fingerprint density at radius 1 is 1.13 bits per heavy atom. The highest BCUT2D eigenvalue weighted by Crippen LogP contribution is 2.39. The molecule has 13 heteroatoms. The zero-order chi connectivity index (χ0) is 33.6. The summed E-state index contributed by atoms with van der Waals surface area (Å²) in [6, 6.07) is 11.0. The van der Waals surface area contributed by atoms with Crippen LogP contribution in [0.25, 0.3) is 0 Å². The molecule has 9 nitrogen and oxygen atoms in total. The van der Waals surface area contributed by atoms with E-state index < -0.39 is 15.1 Å². The van der Waals surface area contributed by atoms with Crippen molar-refractivity contribution in [3.63, 3.8) is 0 Å². The number of aryl methyl sites for hydroxylation is 1. The van der Waals surface area contributed by atoms with Crippen molar-refractivity contribution in [2.24, 2.45) is 0 Å². The number of likely N-dealkylation sites (tertiary alicyclic amines) is 1. The second-order valence-corrected chi connectivity index (χ2v) is 16.9. The van der Waals surface area contributed by atoms with Crippen molar-refractivity contribution in [1.29, 1.82) is 0 Å². The van der Waals surface area contributed by atoms with Gasteiger partial charge in [-0.25, -0.2) is 13.4 Å². The first-order chi connectivity index (χ1) is 21.8. The molecule has 0 aliphatic carbocycles. The second-order valence-electron chi connectivity index (χ2n) is 12.3. The molecular weight excluding hydrogens is 660 g/mol. The lowest BCUT2D eigenvalue weighted by Crippen LogP contribution is -2.36. The van der Waals surface area contributed by atoms with Crippen LogP contribution in [0.1, 0.15) is 57.6 Å². The Bertz CT molecular complexity index is 1630. The topological polar surface area (TPSA) is 99.7 Å². The maximum Gasteiger partial charge on any atom is 0.229 e. The van der Waals surface area contributed by atoms with Crippen molar-refractivity contribution >= 4 is 72.9 Å². The Kier molecular flexibility index (Phi) is 12.6. The number of rotatable bonds is 12. The van der Waals surface area contributed by atoms with Gasteiger partial charge in [-0.3, -0.25) is 0 Å². The van der Waals surface area contributed by atoms with Crippen LogP contribution >= 0.6 is 35.6 Å². The van der Waals surface area contributed by atoms with E-state index >= 15 is 0 Å². The fraction of sp³-hybridized carbons (Fsp3) is 0.485. The minimum atomic E-state index is -3.54. The molecule has 1 aliphatic heterocycles. The van der Waals surface area contributed by atoms with Crippen LogP contribution in [0.2, 0.25) is 5.02 Å². The van der Waals surface area contributed by atoms with E-state index in [9.17, 15) is 8.42 Å². The van der Waals surface area contributed by atoms with Gasteiger partial charge in [0.15, 0.2) is 15.7 Å². The summed E-state index contributed by atoms with van der Waals surface area (Å²) in [6.45, 7) is 12.3. The Hall–Kier alpha value is -2.64. The van der Waals surface area contributed by atoms with Crippen molar-refractivity contribution in [1.82, 2.24) is 19.8 Å². The molecule has 250 valence electrons. The lowest BCUT2D eigenvalue weighted by Gasteiger charge is -2.34. The van der Waals surface area contributed by atoms with Gasteiger partial charge in [0.2, 0.25) is 5.95 Å². The molecule has 2 aromatic carbocycles. The standard InChI is InChI=1S/C33H45ClN6O3S3/c1-21(2)43-29-19-25(24-12-14-40(15-13-24)33(44)45-17-16-39(6)7)23(5)18-28(29)37-32-35-20-26(34)31(38-32)36-27-10-8-9-11-30(27)46(41,42)22(3)4/h8-11,18-22,24H,12-17H2,1-7H3,(H2,35,36,37,38). The number of anilines is 4. The van der Waals surface area contributed by atoms with Gasteiger partial charge >= 0.3 is 0 Å². The van der Waals surface area contributed by atoms with Crippen molar-refractivity contribution < 1.29 is 13.2 Å². The zero-order valence-electron chi connectivity index (χ0n) is 27.6. The van der Waals surface area contributed by atoms with Crippen LogP contribution < -0.4 is 15.4 Å². The molecule has 0 bridgehead atoms. The molecule has 1 fully saturated rings. The molecule has 0 spiro atoms. The number of thiocarbonyl (C=S) groups is 1. The molecule has 4 rings (SSSR count). The van der Waals surface area contributed by atoms with Crippen LogP contribution in [-0.4, -0.2) is 83.3 Å². The molecule has 1 aromatic heterocycles. The summed E-state index contributed by atoms with van der Waals surface area (Å²) in [5.41, 5.74) is 3.56. The molecule has 0 saturated carbocycles. The quantitative estimate of drug-likeness (QED) is 0.182. The van der Waals surface area contributed by atoms with Crippen LogP contribution in [0.3, 0.4) is 0 Å². The average Bonchev–Trinajstić information content (AvgIpc) is 3.00. The van der Waals surface area contributed by atoms with Crippen molar-refractivity contribution in [2.45, 2.75) is 69.6 Å².